The maximum absolute atomic E-state index is 12.5. The highest BCUT2D eigenvalue weighted by molar-refractivity contribution is 9.10. The number of halogens is 1. The molecule has 1 aliphatic rings. The van der Waals surface area contributed by atoms with E-state index in [1.54, 1.807) is 0 Å². The number of nitrogens with zero attached hydrogens (tertiary/aromatic N) is 2. The van der Waals surface area contributed by atoms with Gasteiger partial charge in [0.2, 0.25) is 0 Å². The molecule has 19 heavy (non-hydrogen) atoms. The van der Waals surface area contributed by atoms with Crippen LogP contribution in [0, 0.1) is 12.8 Å². The third kappa shape index (κ3) is 2.97. The Bertz CT molecular complexity index is 528. The quantitative estimate of drug-likeness (QED) is 0.637. The number of carbonyl (C=O) groups excluding carboxylic acids is 1. The maximum atomic E-state index is 12.5. The number of rotatable bonds is 1. The van der Waals surface area contributed by atoms with Gasteiger partial charge in [-0.2, -0.15) is 0 Å². The first-order valence-electron chi connectivity index (χ1n) is 6.29. The Morgan fingerprint density at radius 1 is 1.53 bits per heavy atom. The van der Waals surface area contributed by atoms with Crippen molar-refractivity contribution in [2.24, 2.45) is 11.1 Å². The van der Waals surface area contributed by atoms with Crippen molar-refractivity contribution in [1.82, 2.24) is 4.90 Å². The van der Waals surface area contributed by atoms with Crippen LogP contribution in [-0.2, 0) is 0 Å². The predicted molar refractivity (Wildman–Crippen MR) is 77.8 cm³/mol. The van der Waals surface area contributed by atoms with Gasteiger partial charge < -0.3 is 10.1 Å². The number of amides is 1. The van der Waals surface area contributed by atoms with Crippen molar-refractivity contribution in [2.75, 3.05) is 13.1 Å². The van der Waals surface area contributed by atoms with Gasteiger partial charge in [-0.25, -0.2) is 0 Å². The summed E-state index contributed by atoms with van der Waals surface area (Å²) >= 11 is 3.44. The molecule has 0 aliphatic carbocycles. The summed E-state index contributed by atoms with van der Waals surface area (Å²) in [5.41, 5.74) is 2.57. The minimum Gasteiger partial charge on any atom is -0.411 e. The molecule has 0 radical (unpaired) electrons. The van der Waals surface area contributed by atoms with Crippen LogP contribution < -0.4 is 0 Å². The van der Waals surface area contributed by atoms with Crippen molar-refractivity contribution in [3.63, 3.8) is 0 Å². The van der Waals surface area contributed by atoms with Crippen LogP contribution in [0.3, 0.4) is 0 Å². The molecule has 2 rings (SSSR count). The third-order valence-electron chi connectivity index (χ3n) is 3.47. The predicted octanol–water partition coefficient (Wildman–Crippen LogP) is 3.07. The number of oxime groups is 1. The molecule has 1 aromatic rings. The van der Waals surface area contributed by atoms with Gasteiger partial charge in [0.25, 0.3) is 5.91 Å². The van der Waals surface area contributed by atoms with Gasteiger partial charge >= 0.3 is 0 Å². The Kier molecular flexibility index (Phi) is 4.24. The largest absolute Gasteiger partial charge is 0.411 e. The minimum absolute atomic E-state index is 0.0238. The molecule has 1 aromatic carbocycles. The van der Waals surface area contributed by atoms with E-state index in [1.807, 2.05) is 36.9 Å². The highest BCUT2D eigenvalue weighted by atomic mass is 79.9. The van der Waals surface area contributed by atoms with Crippen LogP contribution in [0.25, 0.3) is 0 Å². The lowest BCUT2D eigenvalue weighted by Gasteiger charge is -2.31. The second kappa shape index (κ2) is 5.74. The van der Waals surface area contributed by atoms with Crippen molar-refractivity contribution < 1.29 is 10.0 Å². The Morgan fingerprint density at radius 3 is 2.84 bits per heavy atom. The Morgan fingerprint density at radius 2 is 2.26 bits per heavy atom. The molecular formula is C14H17BrN2O2. The van der Waals surface area contributed by atoms with E-state index in [0.717, 1.165) is 15.7 Å². The smallest absolute Gasteiger partial charge is 0.255 e. The average molecular weight is 325 g/mol. The summed E-state index contributed by atoms with van der Waals surface area (Å²) in [4.78, 5) is 14.3. The molecule has 1 fully saturated rings. The number of aryl methyl sites for hydroxylation is 1. The molecule has 0 saturated carbocycles. The molecule has 1 aliphatic heterocycles. The summed E-state index contributed by atoms with van der Waals surface area (Å²) in [6.45, 7) is 5.16. The van der Waals surface area contributed by atoms with Crippen LogP contribution >= 0.6 is 15.9 Å². The second-order valence-corrected chi connectivity index (χ2v) is 5.83. The number of piperidine rings is 1. The van der Waals surface area contributed by atoms with E-state index in [1.165, 1.54) is 0 Å². The average Bonchev–Trinajstić information content (AvgIpc) is 2.38. The van der Waals surface area contributed by atoms with E-state index in [9.17, 15) is 4.79 Å². The molecule has 4 nitrogen and oxygen atoms in total. The SMILES string of the molecule is Cc1ccc(C(=O)N2CC/C(=N\O)C(C)C2)c(Br)c1. The van der Waals surface area contributed by atoms with E-state index >= 15 is 0 Å². The van der Waals surface area contributed by atoms with Gasteiger partial charge in [0.05, 0.1) is 11.3 Å². The van der Waals surface area contributed by atoms with Crippen LogP contribution in [0.4, 0.5) is 0 Å². The minimum atomic E-state index is 0.0238. The lowest BCUT2D eigenvalue weighted by atomic mass is 9.97. The van der Waals surface area contributed by atoms with Gasteiger partial charge in [0, 0.05) is 29.9 Å². The number of likely N-dealkylation sites (tertiary alicyclic amines) is 1. The van der Waals surface area contributed by atoms with Crippen molar-refractivity contribution in [2.45, 2.75) is 20.3 Å². The summed E-state index contributed by atoms with van der Waals surface area (Å²) in [7, 11) is 0. The molecule has 5 heteroatoms. The van der Waals surface area contributed by atoms with Crippen molar-refractivity contribution >= 4 is 27.5 Å². The molecule has 0 aromatic heterocycles. The number of hydrogen-bond acceptors (Lipinski definition) is 3. The van der Waals surface area contributed by atoms with Crippen molar-refractivity contribution in [3.8, 4) is 0 Å². The van der Waals surface area contributed by atoms with Crippen LogP contribution in [0.2, 0.25) is 0 Å². The zero-order valence-electron chi connectivity index (χ0n) is 11.1. The Labute approximate surface area is 121 Å². The lowest BCUT2D eigenvalue weighted by molar-refractivity contribution is 0.0733. The molecule has 1 atom stereocenters. The molecule has 1 unspecified atom stereocenters. The van der Waals surface area contributed by atoms with Crippen LogP contribution in [-0.4, -0.2) is 34.8 Å². The Hall–Kier alpha value is -1.36. The fraction of sp³-hybridized carbons (Fsp3) is 0.429. The van der Waals surface area contributed by atoms with E-state index < -0.39 is 0 Å². The first kappa shape index (κ1) is 14.1. The summed E-state index contributed by atoms with van der Waals surface area (Å²) in [6, 6.07) is 5.73. The second-order valence-electron chi connectivity index (χ2n) is 4.98. The van der Waals surface area contributed by atoms with E-state index in [-0.39, 0.29) is 11.8 Å². The fourth-order valence-electron chi connectivity index (χ4n) is 2.32. The fourth-order valence-corrected chi connectivity index (χ4v) is 2.98. The summed E-state index contributed by atoms with van der Waals surface area (Å²) in [6.07, 6.45) is 0.632. The lowest BCUT2D eigenvalue weighted by Crippen LogP contribution is -2.43. The van der Waals surface area contributed by atoms with E-state index in [2.05, 4.69) is 21.1 Å². The summed E-state index contributed by atoms with van der Waals surface area (Å²) in [5, 5.41) is 12.1. The number of carbonyl (C=O) groups is 1. The standard InChI is InChI=1S/C14H17BrN2O2/c1-9-3-4-11(12(15)7-9)14(18)17-6-5-13(16-19)10(2)8-17/h3-4,7,10,19H,5-6,8H2,1-2H3/b16-13+. The molecule has 0 spiro atoms. The van der Waals surface area contributed by atoms with Gasteiger partial charge in [-0.15, -0.1) is 0 Å². The van der Waals surface area contributed by atoms with Gasteiger partial charge in [-0.3, -0.25) is 4.79 Å². The van der Waals surface area contributed by atoms with Crippen LogP contribution in [0.5, 0.6) is 0 Å². The molecule has 1 N–H and O–H groups in total. The molecule has 1 amide bonds. The van der Waals surface area contributed by atoms with E-state index in [0.29, 0.717) is 25.1 Å². The number of hydrogen-bond donors (Lipinski definition) is 1. The molecule has 102 valence electrons. The molecular weight excluding hydrogens is 308 g/mol. The molecule has 0 bridgehead atoms. The van der Waals surface area contributed by atoms with Gasteiger partial charge in [-0.05, 0) is 40.5 Å². The number of benzene rings is 1. The zero-order chi connectivity index (χ0) is 14.0. The van der Waals surface area contributed by atoms with Crippen LogP contribution in [0.15, 0.2) is 27.8 Å². The highest BCUT2D eigenvalue weighted by Gasteiger charge is 2.27. The summed E-state index contributed by atoms with van der Waals surface area (Å²) in [5.74, 6) is 0.127. The van der Waals surface area contributed by atoms with Crippen LogP contribution in [0.1, 0.15) is 29.3 Å². The first-order valence-corrected chi connectivity index (χ1v) is 7.08. The van der Waals surface area contributed by atoms with Gasteiger partial charge in [0.1, 0.15) is 0 Å². The third-order valence-corrected chi connectivity index (χ3v) is 4.13. The molecule has 1 saturated heterocycles. The monoisotopic (exact) mass is 324 g/mol. The highest BCUT2D eigenvalue weighted by Crippen LogP contribution is 2.22. The van der Waals surface area contributed by atoms with Crippen molar-refractivity contribution in [3.05, 3.63) is 33.8 Å². The summed E-state index contributed by atoms with van der Waals surface area (Å²) < 4.78 is 0.826. The van der Waals surface area contributed by atoms with Crippen molar-refractivity contribution in [1.29, 1.82) is 0 Å². The normalized spacial score (nSPS) is 21.7. The first-order chi connectivity index (χ1) is 9.02. The zero-order valence-corrected chi connectivity index (χ0v) is 12.6. The van der Waals surface area contributed by atoms with Gasteiger partial charge in [-0.1, -0.05) is 18.1 Å². The van der Waals surface area contributed by atoms with E-state index in [4.69, 9.17) is 5.21 Å². The Balaban J connectivity index is 2.17. The maximum Gasteiger partial charge on any atom is 0.255 e. The van der Waals surface area contributed by atoms with Gasteiger partial charge in [0.15, 0.2) is 0 Å². The topological polar surface area (TPSA) is 52.9 Å². The molecule has 1 heterocycles.